The second-order valence-corrected chi connectivity index (χ2v) is 1.94. The zero-order chi connectivity index (χ0) is 8.91. The quantitative estimate of drug-likeness (QED) is 0.374. The van der Waals surface area contributed by atoms with E-state index in [9.17, 15) is 13.2 Å². The first-order valence-corrected chi connectivity index (χ1v) is 2.89. The topological polar surface area (TPSA) is 59.1 Å². The highest BCUT2D eigenvalue weighted by molar-refractivity contribution is 5.76. The number of rotatable bonds is 4. The van der Waals surface area contributed by atoms with Gasteiger partial charge in [0.15, 0.2) is 0 Å². The fourth-order valence-corrected chi connectivity index (χ4v) is 0.370. The number of halogens is 3. The van der Waals surface area contributed by atoms with Crippen LogP contribution >= 0.6 is 0 Å². The zero-order valence-electron chi connectivity index (χ0n) is 5.74. The molecule has 0 saturated heterocycles. The summed E-state index contributed by atoms with van der Waals surface area (Å²) in [6.45, 7) is -1.44. The minimum Gasteiger partial charge on any atom is -0.388 e. The molecule has 66 valence electrons. The molecule has 0 aromatic heterocycles. The van der Waals surface area contributed by atoms with E-state index in [4.69, 9.17) is 11.1 Å². The first kappa shape index (κ1) is 10.2. The van der Waals surface area contributed by atoms with E-state index in [0.29, 0.717) is 0 Å². The maximum absolute atomic E-state index is 11.4. The minimum atomic E-state index is -4.29. The first-order valence-electron chi connectivity index (χ1n) is 2.89. The second kappa shape index (κ2) is 4.17. The largest absolute Gasteiger partial charge is 0.411 e. The van der Waals surface area contributed by atoms with E-state index >= 15 is 0 Å². The van der Waals surface area contributed by atoms with Crippen molar-refractivity contribution in [2.24, 2.45) is 5.73 Å². The normalized spacial score (nSPS) is 11.5. The summed E-state index contributed by atoms with van der Waals surface area (Å²) < 4.78 is 38.3. The highest BCUT2D eigenvalue weighted by Crippen LogP contribution is 2.14. The summed E-state index contributed by atoms with van der Waals surface area (Å²) in [7, 11) is 0. The molecule has 0 amide bonds. The van der Waals surface area contributed by atoms with E-state index in [1.54, 1.807) is 0 Å². The van der Waals surface area contributed by atoms with Crippen LogP contribution in [-0.2, 0) is 4.74 Å². The summed E-state index contributed by atoms with van der Waals surface area (Å²) in [4.78, 5) is 0. The molecule has 11 heavy (non-hydrogen) atoms. The zero-order valence-corrected chi connectivity index (χ0v) is 5.74. The van der Waals surface area contributed by atoms with Gasteiger partial charge in [0.2, 0.25) is 0 Å². The Morgan fingerprint density at radius 2 is 2.00 bits per heavy atom. The molecule has 0 saturated carbocycles. The fraction of sp³-hybridized carbons (Fsp3) is 0.800. The molecule has 0 heterocycles. The summed E-state index contributed by atoms with van der Waals surface area (Å²) in [5, 5.41) is 6.65. The minimum absolute atomic E-state index is 0.0378. The van der Waals surface area contributed by atoms with E-state index in [-0.39, 0.29) is 18.9 Å². The third kappa shape index (κ3) is 9.22. The van der Waals surface area contributed by atoms with Gasteiger partial charge in [0, 0.05) is 6.42 Å². The summed E-state index contributed by atoms with van der Waals surface area (Å²) in [6.07, 6.45) is -4.26. The van der Waals surface area contributed by atoms with Gasteiger partial charge in [-0.2, -0.15) is 13.2 Å². The van der Waals surface area contributed by atoms with Gasteiger partial charge in [-0.25, -0.2) is 0 Å². The van der Waals surface area contributed by atoms with Crippen LogP contribution in [0, 0.1) is 5.41 Å². The van der Waals surface area contributed by atoms with Crippen LogP contribution in [0.2, 0.25) is 0 Å². The fourth-order valence-electron chi connectivity index (χ4n) is 0.370. The molecule has 0 unspecified atom stereocenters. The van der Waals surface area contributed by atoms with Crippen LogP contribution < -0.4 is 5.73 Å². The molecular weight excluding hydrogens is 161 g/mol. The SMILES string of the molecule is N=C(N)CCOCC(F)(F)F. The van der Waals surface area contributed by atoms with E-state index in [2.05, 4.69) is 4.74 Å². The lowest BCUT2D eigenvalue weighted by Gasteiger charge is -2.06. The Bertz CT molecular complexity index is 134. The number of hydrogen-bond donors (Lipinski definition) is 2. The van der Waals surface area contributed by atoms with E-state index < -0.39 is 12.8 Å². The van der Waals surface area contributed by atoms with Gasteiger partial charge in [0.05, 0.1) is 12.4 Å². The van der Waals surface area contributed by atoms with Crippen molar-refractivity contribution in [3.63, 3.8) is 0 Å². The smallest absolute Gasteiger partial charge is 0.388 e. The molecule has 0 bridgehead atoms. The first-order chi connectivity index (χ1) is 4.92. The van der Waals surface area contributed by atoms with Gasteiger partial charge in [-0.3, -0.25) is 5.41 Å². The van der Waals surface area contributed by atoms with Gasteiger partial charge in [-0.15, -0.1) is 0 Å². The van der Waals surface area contributed by atoms with Crippen molar-refractivity contribution < 1.29 is 17.9 Å². The lowest BCUT2D eigenvalue weighted by Crippen LogP contribution is -2.19. The lowest BCUT2D eigenvalue weighted by molar-refractivity contribution is -0.173. The van der Waals surface area contributed by atoms with Crippen molar-refractivity contribution >= 4 is 5.84 Å². The molecule has 0 radical (unpaired) electrons. The third-order valence-corrected chi connectivity index (χ3v) is 0.781. The standard InChI is InChI=1S/C5H9F3N2O/c6-5(7,8)3-11-2-1-4(9)10/h1-3H2,(H3,9,10). The lowest BCUT2D eigenvalue weighted by atomic mass is 10.4. The Hall–Kier alpha value is -0.780. The van der Waals surface area contributed by atoms with Crippen molar-refractivity contribution in [2.75, 3.05) is 13.2 Å². The number of ether oxygens (including phenoxy) is 1. The van der Waals surface area contributed by atoms with Gasteiger partial charge in [-0.1, -0.05) is 0 Å². The summed E-state index contributed by atoms with van der Waals surface area (Å²) in [6, 6.07) is 0. The number of amidine groups is 1. The third-order valence-electron chi connectivity index (χ3n) is 0.781. The van der Waals surface area contributed by atoms with Crippen molar-refractivity contribution in [1.82, 2.24) is 0 Å². The van der Waals surface area contributed by atoms with Gasteiger partial charge in [-0.05, 0) is 0 Å². The Balaban J connectivity index is 3.22. The van der Waals surface area contributed by atoms with Gasteiger partial charge in [0.25, 0.3) is 0 Å². The maximum atomic E-state index is 11.4. The van der Waals surface area contributed by atoms with Crippen LogP contribution in [0.15, 0.2) is 0 Å². The Morgan fingerprint density at radius 1 is 1.45 bits per heavy atom. The molecule has 3 nitrogen and oxygen atoms in total. The molecule has 0 aromatic carbocycles. The molecule has 3 N–H and O–H groups in total. The van der Waals surface area contributed by atoms with Crippen molar-refractivity contribution in [2.45, 2.75) is 12.6 Å². The van der Waals surface area contributed by atoms with Crippen LogP contribution in [0.4, 0.5) is 13.2 Å². The van der Waals surface area contributed by atoms with Crippen LogP contribution in [0.1, 0.15) is 6.42 Å². The number of nitrogens with one attached hydrogen (secondary N) is 1. The molecule has 0 spiro atoms. The Kier molecular flexibility index (Phi) is 3.88. The molecule has 0 aliphatic carbocycles. The number of alkyl halides is 3. The highest BCUT2D eigenvalue weighted by Gasteiger charge is 2.27. The number of hydrogen-bond acceptors (Lipinski definition) is 2. The predicted octanol–water partition coefficient (Wildman–Crippen LogP) is 0.891. The van der Waals surface area contributed by atoms with Crippen molar-refractivity contribution in [1.29, 1.82) is 5.41 Å². The Labute approximate surface area is 61.8 Å². The maximum Gasteiger partial charge on any atom is 0.411 e. The number of nitrogens with two attached hydrogens (primary N) is 1. The average Bonchev–Trinajstić information content (AvgIpc) is 1.78. The second-order valence-electron chi connectivity index (χ2n) is 1.94. The average molecular weight is 170 g/mol. The molecule has 0 aromatic rings. The van der Waals surface area contributed by atoms with Gasteiger partial charge in [0.1, 0.15) is 6.61 Å². The molecule has 0 fully saturated rings. The van der Waals surface area contributed by atoms with Gasteiger partial charge < -0.3 is 10.5 Å². The van der Waals surface area contributed by atoms with Crippen molar-refractivity contribution in [3.05, 3.63) is 0 Å². The molecular formula is C5H9F3N2O. The highest BCUT2D eigenvalue weighted by atomic mass is 19.4. The van der Waals surface area contributed by atoms with Crippen LogP contribution in [0.5, 0.6) is 0 Å². The van der Waals surface area contributed by atoms with E-state index in [1.807, 2.05) is 0 Å². The van der Waals surface area contributed by atoms with Gasteiger partial charge >= 0.3 is 6.18 Å². The summed E-state index contributed by atoms with van der Waals surface area (Å²) >= 11 is 0. The van der Waals surface area contributed by atoms with Crippen molar-refractivity contribution in [3.8, 4) is 0 Å². The molecule has 0 aliphatic rings. The van der Waals surface area contributed by atoms with E-state index in [1.165, 1.54) is 0 Å². The van der Waals surface area contributed by atoms with Crippen LogP contribution in [0.25, 0.3) is 0 Å². The van der Waals surface area contributed by atoms with Crippen LogP contribution in [0.3, 0.4) is 0 Å². The predicted molar refractivity (Wildman–Crippen MR) is 33.4 cm³/mol. The summed E-state index contributed by atoms with van der Waals surface area (Å²) in [5.41, 5.74) is 4.86. The van der Waals surface area contributed by atoms with Crippen LogP contribution in [-0.4, -0.2) is 25.2 Å². The Morgan fingerprint density at radius 3 is 2.36 bits per heavy atom. The monoisotopic (exact) mass is 170 g/mol. The molecule has 0 rings (SSSR count). The van der Waals surface area contributed by atoms with E-state index in [0.717, 1.165) is 0 Å². The molecule has 6 heteroatoms. The molecule has 0 atom stereocenters. The molecule has 0 aliphatic heterocycles. The summed E-state index contributed by atoms with van der Waals surface area (Å²) in [5.74, 6) is -0.174.